The van der Waals surface area contributed by atoms with Gasteiger partial charge >= 0.3 is 0 Å². The van der Waals surface area contributed by atoms with Crippen molar-refractivity contribution in [2.75, 3.05) is 0 Å². The van der Waals surface area contributed by atoms with Crippen LogP contribution in [0.25, 0.3) is 0 Å². The van der Waals surface area contributed by atoms with Crippen LogP contribution in [-0.4, -0.2) is 10.9 Å². The highest BCUT2D eigenvalue weighted by atomic mass is 19.1. The molecule has 19 heavy (non-hydrogen) atoms. The zero-order valence-electron chi connectivity index (χ0n) is 9.88. The number of carbonyl (C=O) groups is 1. The van der Waals surface area contributed by atoms with Crippen molar-refractivity contribution in [1.82, 2.24) is 10.3 Å². The van der Waals surface area contributed by atoms with Gasteiger partial charge in [0.15, 0.2) is 0 Å². The molecule has 0 fully saturated rings. The van der Waals surface area contributed by atoms with Gasteiger partial charge in [-0.05, 0) is 29.8 Å². The van der Waals surface area contributed by atoms with Crippen molar-refractivity contribution in [3.05, 3.63) is 65.7 Å². The lowest BCUT2D eigenvalue weighted by Crippen LogP contribution is -2.28. The summed E-state index contributed by atoms with van der Waals surface area (Å²) < 4.78 is 13.4. The molecule has 94 valence electrons. The van der Waals surface area contributed by atoms with Crippen LogP contribution < -0.4 is 5.32 Å². The maximum atomic E-state index is 13.4. The first-order valence-electron chi connectivity index (χ1n) is 5.57. The first-order valence-corrected chi connectivity index (χ1v) is 5.57. The third-order valence-corrected chi connectivity index (χ3v) is 2.56. The normalized spacial score (nSPS) is 11.4. The number of nitrogens with zero attached hydrogens (tertiary/aromatic N) is 2. The standard InChI is InChI=1S/C14H10FN3O/c15-12-4-2-1-3-11(12)14(19)18-13(9-16)10-5-7-17-8-6-10/h1-8,13H,(H,18,19). The molecule has 0 spiro atoms. The predicted molar refractivity (Wildman–Crippen MR) is 66.5 cm³/mol. The molecule has 0 aliphatic heterocycles. The van der Waals surface area contributed by atoms with Crippen LogP contribution in [0, 0.1) is 17.1 Å². The molecular formula is C14H10FN3O. The molecular weight excluding hydrogens is 245 g/mol. The van der Waals surface area contributed by atoms with E-state index in [1.807, 2.05) is 6.07 Å². The molecule has 2 rings (SSSR count). The number of pyridine rings is 1. The Morgan fingerprint density at radius 1 is 1.26 bits per heavy atom. The van der Waals surface area contributed by atoms with E-state index in [0.29, 0.717) is 5.56 Å². The highest BCUT2D eigenvalue weighted by molar-refractivity contribution is 5.94. The number of nitrogens with one attached hydrogen (secondary N) is 1. The third-order valence-electron chi connectivity index (χ3n) is 2.56. The minimum absolute atomic E-state index is 0.0863. The summed E-state index contributed by atoms with van der Waals surface area (Å²) in [5, 5.41) is 11.5. The second-order valence-corrected chi connectivity index (χ2v) is 3.80. The number of carbonyl (C=O) groups excluding carboxylic acids is 1. The lowest BCUT2D eigenvalue weighted by atomic mass is 10.1. The molecule has 0 saturated heterocycles. The monoisotopic (exact) mass is 255 g/mol. The van der Waals surface area contributed by atoms with Crippen molar-refractivity contribution in [2.45, 2.75) is 6.04 Å². The SMILES string of the molecule is N#CC(NC(=O)c1ccccc1F)c1ccncc1. The second kappa shape index (κ2) is 5.74. The zero-order chi connectivity index (χ0) is 13.7. The van der Waals surface area contributed by atoms with Gasteiger partial charge in [0, 0.05) is 12.4 Å². The molecule has 1 heterocycles. The number of rotatable bonds is 3. The van der Waals surface area contributed by atoms with E-state index in [0.717, 1.165) is 0 Å². The molecule has 1 amide bonds. The van der Waals surface area contributed by atoms with Crippen molar-refractivity contribution in [3.8, 4) is 6.07 Å². The van der Waals surface area contributed by atoms with Gasteiger partial charge in [0.05, 0.1) is 11.6 Å². The third kappa shape index (κ3) is 2.93. The van der Waals surface area contributed by atoms with Crippen LogP contribution in [0.1, 0.15) is 22.0 Å². The van der Waals surface area contributed by atoms with E-state index in [2.05, 4.69) is 10.3 Å². The van der Waals surface area contributed by atoms with E-state index in [1.165, 1.54) is 30.6 Å². The Balaban J connectivity index is 2.19. The Labute approximate surface area is 109 Å². The highest BCUT2D eigenvalue weighted by Gasteiger charge is 2.17. The molecule has 1 aromatic heterocycles. The fourth-order valence-electron chi connectivity index (χ4n) is 1.60. The van der Waals surface area contributed by atoms with Crippen LogP contribution >= 0.6 is 0 Å². The van der Waals surface area contributed by atoms with Gasteiger partial charge in [-0.15, -0.1) is 0 Å². The van der Waals surface area contributed by atoms with Gasteiger partial charge in [0.25, 0.3) is 5.91 Å². The molecule has 1 N–H and O–H groups in total. The number of amides is 1. The van der Waals surface area contributed by atoms with Crippen LogP contribution in [-0.2, 0) is 0 Å². The first-order chi connectivity index (χ1) is 9.22. The van der Waals surface area contributed by atoms with Crippen LogP contribution in [0.3, 0.4) is 0 Å². The Bertz CT molecular complexity index is 622. The average Bonchev–Trinajstić information content (AvgIpc) is 2.46. The Morgan fingerprint density at radius 2 is 1.95 bits per heavy atom. The highest BCUT2D eigenvalue weighted by Crippen LogP contribution is 2.13. The topological polar surface area (TPSA) is 65.8 Å². The molecule has 0 aliphatic rings. The number of aromatic nitrogens is 1. The van der Waals surface area contributed by atoms with Gasteiger partial charge in [-0.2, -0.15) is 5.26 Å². The fourth-order valence-corrected chi connectivity index (χ4v) is 1.60. The number of nitriles is 1. The first kappa shape index (κ1) is 12.7. The molecule has 1 aromatic carbocycles. The van der Waals surface area contributed by atoms with Gasteiger partial charge in [0.2, 0.25) is 0 Å². The summed E-state index contributed by atoms with van der Waals surface area (Å²) in [5.41, 5.74) is 0.513. The molecule has 0 radical (unpaired) electrons. The fraction of sp³-hybridized carbons (Fsp3) is 0.0714. The molecule has 0 bridgehead atoms. The van der Waals surface area contributed by atoms with Crippen molar-refractivity contribution in [2.24, 2.45) is 0 Å². The number of hydrogen-bond donors (Lipinski definition) is 1. The van der Waals surface area contributed by atoms with Crippen molar-refractivity contribution in [1.29, 1.82) is 5.26 Å². The summed E-state index contributed by atoms with van der Waals surface area (Å²) in [7, 11) is 0. The average molecular weight is 255 g/mol. The molecule has 5 heteroatoms. The summed E-state index contributed by atoms with van der Waals surface area (Å²) in [6.07, 6.45) is 3.05. The van der Waals surface area contributed by atoms with E-state index >= 15 is 0 Å². The maximum absolute atomic E-state index is 13.4. The quantitative estimate of drug-likeness (QED) is 0.914. The van der Waals surface area contributed by atoms with Gasteiger partial charge < -0.3 is 5.32 Å². The summed E-state index contributed by atoms with van der Waals surface area (Å²) in [4.78, 5) is 15.7. The van der Waals surface area contributed by atoms with Crippen molar-refractivity contribution >= 4 is 5.91 Å². The van der Waals surface area contributed by atoms with Crippen LogP contribution in [0.2, 0.25) is 0 Å². The Kier molecular flexibility index (Phi) is 3.84. The lowest BCUT2D eigenvalue weighted by molar-refractivity contribution is 0.0941. The summed E-state index contributed by atoms with van der Waals surface area (Å²) in [6, 6.07) is 9.98. The maximum Gasteiger partial charge on any atom is 0.255 e. The van der Waals surface area contributed by atoms with Gasteiger partial charge in [-0.3, -0.25) is 9.78 Å². The summed E-state index contributed by atoms with van der Waals surface area (Å²) >= 11 is 0. The van der Waals surface area contributed by atoms with E-state index in [9.17, 15) is 9.18 Å². The van der Waals surface area contributed by atoms with Crippen molar-refractivity contribution in [3.63, 3.8) is 0 Å². The van der Waals surface area contributed by atoms with Gasteiger partial charge in [0.1, 0.15) is 11.9 Å². The Hall–Kier alpha value is -2.74. The van der Waals surface area contributed by atoms with Crippen LogP contribution in [0.4, 0.5) is 4.39 Å². The minimum atomic E-state index is -0.838. The number of halogens is 1. The van der Waals surface area contributed by atoms with Gasteiger partial charge in [-0.1, -0.05) is 12.1 Å². The van der Waals surface area contributed by atoms with E-state index in [4.69, 9.17) is 5.26 Å². The number of hydrogen-bond acceptors (Lipinski definition) is 3. The molecule has 0 saturated carbocycles. The Morgan fingerprint density at radius 3 is 2.58 bits per heavy atom. The van der Waals surface area contributed by atoms with Crippen LogP contribution in [0.5, 0.6) is 0 Å². The molecule has 0 aliphatic carbocycles. The largest absolute Gasteiger partial charge is 0.332 e. The molecule has 4 nitrogen and oxygen atoms in total. The summed E-state index contributed by atoms with van der Waals surface area (Å²) in [5.74, 6) is -1.24. The second-order valence-electron chi connectivity index (χ2n) is 3.80. The molecule has 1 atom stereocenters. The minimum Gasteiger partial charge on any atom is -0.332 e. The van der Waals surface area contributed by atoms with E-state index in [1.54, 1.807) is 18.2 Å². The predicted octanol–water partition coefficient (Wildman–Crippen LogP) is 2.22. The van der Waals surface area contributed by atoms with Crippen LogP contribution in [0.15, 0.2) is 48.8 Å². The van der Waals surface area contributed by atoms with Crippen molar-refractivity contribution < 1.29 is 9.18 Å². The van der Waals surface area contributed by atoms with E-state index < -0.39 is 17.8 Å². The van der Waals surface area contributed by atoms with E-state index in [-0.39, 0.29) is 5.56 Å². The molecule has 1 unspecified atom stereocenters. The molecule has 2 aromatic rings. The smallest absolute Gasteiger partial charge is 0.255 e. The number of benzene rings is 1. The summed E-state index contributed by atoms with van der Waals surface area (Å²) in [6.45, 7) is 0. The lowest BCUT2D eigenvalue weighted by Gasteiger charge is -2.11. The van der Waals surface area contributed by atoms with Gasteiger partial charge in [-0.25, -0.2) is 4.39 Å². The zero-order valence-corrected chi connectivity index (χ0v) is 9.88.